The number of rotatable bonds is 3. The highest BCUT2D eigenvalue weighted by Crippen LogP contribution is 2.26. The number of halogens is 2. The largest absolute Gasteiger partial charge is 0.330 e. The highest BCUT2D eigenvalue weighted by molar-refractivity contribution is 6.31. The molecule has 0 aliphatic carbocycles. The van der Waals surface area contributed by atoms with Crippen LogP contribution in [0.5, 0.6) is 0 Å². The number of aromatic nitrogens is 5. The van der Waals surface area contributed by atoms with Crippen molar-refractivity contribution in [2.24, 2.45) is 7.05 Å². The Hall–Kier alpha value is -3.06. The van der Waals surface area contributed by atoms with E-state index >= 15 is 0 Å². The molecule has 0 atom stereocenters. The first-order chi connectivity index (χ1) is 12.5. The van der Waals surface area contributed by atoms with E-state index < -0.39 is 5.82 Å². The maximum Gasteiger partial charge on any atom is 0.330 e. The van der Waals surface area contributed by atoms with Gasteiger partial charge in [-0.1, -0.05) is 17.7 Å². The van der Waals surface area contributed by atoms with Crippen LogP contribution in [0.1, 0.15) is 5.69 Å². The predicted octanol–water partition coefficient (Wildman–Crippen LogP) is 3.03. The minimum absolute atomic E-state index is 0.0348. The molecule has 0 saturated carbocycles. The molecular weight excluding hydrogens is 357 g/mol. The van der Waals surface area contributed by atoms with E-state index in [1.54, 1.807) is 42.2 Å². The van der Waals surface area contributed by atoms with Crippen molar-refractivity contribution in [3.05, 3.63) is 75.8 Å². The van der Waals surface area contributed by atoms with E-state index in [1.807, 2.05) is 6.07 Å². The summed E-state index contributed by atoms with van der Waals surface area (Å²) in [5.41, 5.74) is 3.12. The summed E-state index contributed by atoms with van der Waals surface area (Å²) in [4.78, 5) is 17.0. The van der Waals surface area contributed by atoms with Crippen molar-refractivity contribution >= 4 is 22.8 Å². The molecule has 0 saturated heterocycles. The van der Waals surface area contributed by atoms with Crippen LogP contribution in [0, 0.1) is 5.82 Å². The molecule has 0 spiro atoms. The van der Waals surface area contributed by atoms with Gasteiger partial charge in [-0.3, -0.25) is 9.13 Å². The minimum atomic E-state index is -0.483. The van der Waals surface area contributed by atoms with Crippen LogP contribution in [0.3, 0.4) is 0 Å². The molecule has 1 aromatic carbocycles. The van der Waals surface area contributed by atoms with Crippen LogP contribution in [0.25, 0.3) is 22.3 Å². The lowest BCUT2D eigenvalue weighted by Gasteiger charge is -2.05. The standard InChI is InChI=1S/C18H13ClFN5O/c1-24-17-16(25(18(24)26)10-13-3-2-6-22-23-13)8-12(9-21-17)11-4-5-15(20)14(19)7-11/h2-9H,10H2,1H3. The molecule has 6 nitrogen and oxygen atoms in total. The molecule has 4 aromatic rings. The number of pyridine rings is 1. The molecule has 26 heavy (non-hydrogen) atoms. The van der Waals surface area contributed by atoms with Crippen molar-refractivity contribution in [1.82, 2.24) is 24.3 Å². The summed E-state index contributed by atoms with van der Waals surface area (Å²) in [7, 11) is 1.67. The maximum absolute atomic E-state index is 13.4. The second-order valence-electron chi connectivity index (χ2n) is 5.84. The number of imidazole rings is 1. The Labute approximate surface area is 152 Å². The summed E-state index contributed by atoms with van der Waals surface area (Å²) < 4.78 is 16.5. The van der Waals surface area contributed by atoms with Crippen molar-refractivity contribution in [1.29, 1.82) is 0 Å². The van der Waals surface area contributed by atoms with Crippen LogP contribution < -0.4 is 5.69 Å². The minimum Gasteiger partial charge on any atom is -0.284 e. The first-order valence-corrected chi connectivity index (χ1v) is 8.19. The van der Waals surface area contributed by atoms with E-state index in [0.29, 0.717) is 22.4 Å². The quantitative estimate of drug-likeness (QED) is 0.556. The molecular formula is C18H13ClFN5O. The van der Waals surface area contributed by atoms with Gasteiger partial charge in [-0.2, -0.15) is 10.2 Å². The van der Waals surface area contributed by atoms with Crippen molar-refractivity contribution in [3.8, 4) is 11.1 Å². The Morgan fingerprint density at radius 2 is 2.04 bits per heavy atom. The van der Waals surface area contributed by atoms with E-state index in [4.69, 9.17) is 11.6 Å². The average molecular weight is 370 g/mol. The molecule has 130 valence electrons. The van der Waals surface area contributed by atoms with Gasteiger partial charge in [0.2, 0.25) is 0 Å². The fraction of sp³-hybridized carbons (Fsp3) is 0.111. The number of benzene rings is 1. The zero-order chi connectivity index (χ0) is 18.3. The fourth-order valence-electron chi connectivity index (χ4n) is 2.84. The summed E-state index contributed by atoms with van der Waals surface area (Å²) in [5, 5.41) is 7.91. The zero-order valence-electron chi connectivity index (χ0n) is 13.7. The Morgan fingerprint density at radius 3 is 2.77 bits per heavy atom. The molecule has 0 radical (unpaired) electrons. The third-order valence-corrected chi connectivity index (χ3v) is 4.46. The third kappa shape index (κ3) is 2.76. The van der Waals surface area contributed by atoms with Gasteiger partial charge in [0, 0.05) is 25.0 Å². The Kier molecular flexibility index (Phi) is 4.00. The summed E-state index contributed by atoms with van der Waals surface area (Å²) in [5.74, 6) is -0.483. The van der Waals surface area contributed by atoms with Crippen LogP contribution in [0.2, 0.25) is 5.02 Å². The smallest absolute Gasteiger partial charge is 0.284 e. The molecule has 0 aliphatic heterocycles. The van der Waals surface area contributed by atoms with Crippen molar-refractivity contribution in [2.45, 2.75) is 6.54 Å². The number of aryl methyl sites for hydroxylation is 1. The molecule has 0 N–H and O–H groups in total. The van der Waals surface area contributed by atoms with Crippen LogP contribution in [-0.2, 0) is 13.6 Å². The second kappa shape index (κ2) is 6.34. The van der Waals surface area contributed by atoms with E-state index in [9.17, 15) is 9.18 Å². The van der Waals surface area contributed by atoms with Gasteiger partial charge in [-0.15, -0.1) is 0 Å². The summed E-state index contributed by atoms with van der Waals surface area (Å²) in [6, 6.07) is 9.87. The number of hydrogen-bond donors (Lipinski definition) is 0. The molecule has 0 bridgehead atoms. The lowest BCUT2D eigenvalue weighted by molar-refractivity contribution is 0.628. The molecule has 8 heteroatoms. The van der Waals surface area contributed by atoms with Gasteiger partial charge < -0.3 is 0 Å². The highest BCUT2D eigenvalue weighted by atomic mass is 35.5. The van der Waals surface area contributed by atoms with Crippen LogP contribution in [0.4, 0.5) is 4.39 Å². The predicted molar refractivity (Wildman–Crippen MR) is 96.5 cm³/mol. The summed E-state index contributed by atoms with van der Waals surface area (Å²) in [6.07, 6.45) is 3.21. The SMILES string of the molecule is Cn1c(=O)n(Cc2cccnn2)c2cc(-c3ccc(F)c(Cl)c3)cnc21. The van der Waals surface area contributed by atoms with Gasteiger partial charge in [0.15, 0.2) is 5.65 Å². The fourth-order valence-corrected chi connectivity index (χ4v) is 3.02. The molecule has 0 unspecified atom stereocenters. The third-order valence-electron chi connectivity index (χ3n) is 4.17. The van der Waals surface area contributed by atoms with Crippen molar-refractivity contribution < 1.29 is 4.39 Å². The first kappa shape index (κ1) is 16.4. The van der Waals surface area contributed by atoms with Crippen molar-refractivity contribution in [3.63, 3.8) is 0 Å². The Bertz CT molecular complexity index is 1170. The topological polar surface area (TPSA) is 65.6 Å². The lowest BCUT2D eigenvalue weighted by Crippen LogP contribution is -2.23. The second-order valence-corrected chi connectivity index (χ2v) is 6.25. The van der Waals surface area contributed by atoms with E-state index in [2.05, 4.69) is 15.2 Å². The van der Waals surface area contributed by atoms with Gasteiger partial charge >= 0.3 is 5.69 Å². The molecule has 0 amide bonds. The number of fused-ring (bicyclic) bond motifs is 1. The van der Waals surface area contributed by atoms with Crippen LogP contribution in [0.15, 0.2) is 53.6 Å². The van der Waals surface area contributed by atoms with Gasteiger partial charge in [-0.25, -0.2) is 14.2 Å². The Morgan fingerprint density at radius 1 is 1.19 bits per heavy atom. The normalized spacial score (nSPS) is 11.2. The number of nitrogens with zero attached hydrogens (tertiary/aromatic N) is 5. The molecule has 3 heterocycles. The number of hydrogen-bond acceptors (Lipinski definition) is 4. The molecule has 3 aromatic heterocycles. The van der Waals surface area contributed by atoms with Crippen LogP contribution in [-0.4, -0.2) is 24.3 Å². The summed E-state index contributed by atoms with van der Waals surface area (Å²) in [6.45, 7) is 0.277. The van der Waals surface area contributed by atoms with Crippen molar-refractivity contribution in [2.75, 3.05) is 0 Å². The molecule has 0 aliphatic rings. The molecule has 4 rings (SSSR count). The average Bonchev–Trinajstić information content (AvgIpc) is 2.89. The van der Waals surface area contributed by atoms with Crippen LogP contribution >= 0.6 is 11.6 Å². The first-order valence-electron chi connectivity index (χ1n) is 7.82. The zero-order valence-corrected chi connectivity index (χ0v) is 14.5. The maximum atomic E-state index is 13.4. The van der Waals surface area contributed by atoms with E-state index in [0.717, 1.165) is 5.56 Å². The van der Waals surface area contributed by atoms with E-state index in [1.165, 1.54) is 16.7 Å². The van der Waals surface area contributed by atoms with E-state index in [-0.39, 0.29) is 17.3 Å². The summed E-state index contributed by atoms with van der Waals surface area (Å²) >= 11 is 5.88. The Balaban J connectivity index is 1.88. The van der Waals surface area contributed by atoms with Gasteiger partial charge in [0.25, 0.3) is 0 Å². The van der Waals surface area contributed by atoms with Gasteiger partial charge in [0.05, 0.1) is 22.8 Å². The molecule has 0 fully saturated rings. The van der Waals surface area contributed by atoms with Gasteiger partial charge in [0.1, 0.15) is 5.82 Å². The highest BCUT2D eigenvalue weighted by Gasteiger charge is 2.14. The monoisotopic (exact) mass is 369 g/mol. The lowest BCUT2D eigenvalue weighted by atomic mass is 10.1. The van der Waals surface area contributed by atoms with Gasteiger partial charge in [-0.05, 0) is 35.9 Å².